The fourth-order valence-electron chi connectivity index (χ4n) is 2.20. The van der Waals surface area contributed by atoms with Gasteiger partial charge < -0.3 is 5.11 Å². The van der Waals surface area contributed by atoms with Gasteiger partial charge in [0.1, 0.15) is 4.88 Å². The first-order valence-corrected chi connectivity index (χ1v) is 7.15. The number of carbonyl (C=O) groups is 3. The number of anilines is 1. The molecule has 1 aliphatic rings. The number of Topliss-reactive ketones (excluding diaryl/α,β-unsaturated/α-hetero) is 1. The number of aromatic carboxylic acids is 1. The van der Waals surface area contributed by atoms with Gasteiger partial charge in [-0.2, -0.15) is 0 Å². The number of fused-ring (bicyclic) bond motifs is 1. The molecule has 0 spiro atoms. The molecule has 0 radical (unpaired) electrons. The molecule has 1 amide bonds. The highest BCUT2D eigenvalue weighted by Crippen LogP contribution is 2.37. The van der Waals surface area contributed by atoms with Crippen LogP contribution in [0, 0.1) is 0 Å². The van der Waals surface area contributed by atoms with E-state index in [4.69, 9.17) is 16.7 Å². The molecule has 1 N–H and O–H groups in total. The van der Waals surface area contributed by atoms with E-state index in [2.05, 4.69) is 0 Å². The zero-order valence-corrected chi connectivity index (χ0v) is 12.1. The van der Waals surface area contributed by atoms with Crippen molar-refractivity contribution in [3.8, 4) is 0 Å². The van der Waals surface area contributed by atoms with E-state index < -0.39 is 17.7 Å². The van der Waals surface area contributed by atoms with Gasteiger partial charge in [0.15, 0.2) is 0 Å². The second-order valence-corrected chi connectivity index (χ2v) is 6.00. The summed E-state index contributed by atoms with van der Waals surface area (Å²) in [6, 6.07) is 7.87. The highest BCUT2D eigenvalue weighted by atomic mass is 35.5. The first-order chi connectivity index (χ1) is 9.99. The molecule has 1 aromatic heterocycles. The normalized spacial score (nSPS) is 13.7. The predicted octanol–water partition coefficient (Wildman–Crippen LogP) is 2.83. The van der Waals surface area contributed by atoms with E-state index >= 15 is 0 Å². The molecule has 0 unspecified atom stereocenters. The van der Waals surface area contributed by atoms with Gasteiger partial charge in [-0.3, -0.25) is 14.5 Å². The number of carboxylic acids is 1. The molecule has 0 aliphatic carbocycles. The molecule has 106 valence electrons. The van der Waals surface area contributed by atoms with E-state index in [1.54, 1.807) is 24.3 Å². The van der Waals surface area contributed by atoms with Gasteiger partial charge in [0.05, 0.1) is 22.8 Å². The van der Waals surface area contributed by atoms with E-state index in [-0.39, 0.29) is 17.0 Å². The van der Waals surface area contributed by atoms with Gasteiger partial charge in [0, 0.05) is 4.88 Å². The lowest BCUT2D eigenvalue weighted by molar-refractivity contribution is -0.114. The highest BCUT2D eigenvalue weighted by molar-refractivity contribution is 7.13. The molecule has 7 heteroatoms. The quantitative estimate of drug-likeness (QED) is 0.882. The second kappa shape index (κ2) is 4.98. The Balaban J connectivity index is 1.98. The van der Waals surface area contributed by atoms with Gasteiger partial charge in [0.25, 0.3) is 11.7 Å². The minimum absolute atomic E-state index is 0.124. The van der Waals surface area contributed by atoms with Crippen molar-refractivity contribution in [2.45, 2.75) is 6.54 Å². The molecule has 0 saturated carbocycles. The molecule has 1 aliphatic heterocycles. The average molecular weight is 322 g/mol. The molecular formula is C14H8ClNO4S. The lowest BCUT2D eigenvalue weighted by Crippen LogP contribution is -2.28. The maximum atomic E-state index is 12.1. The Morgan fingerprint density at radius 2 is 2.00 bits per heavy atom. The zero-order chi connectivity index (χ0) is 15.1. The summed E-state index contributed by atoms with van der Waals surface area (Å²) in [5, 5.41) is 9.23. The number of carbonyl (C=O) groups excluding carboxylic acids is 2. The number of nitrogens with zero attached hydrogens (tertiary/aromatic N) is 1. The number of amides is 1. The third-order valence-corrected chi connectivity index (χ3v) is 4.49. The molecule has 0 bridgehead atoms. The summed E-state index contributed by atoms with van der Waals surface area (Å²) in [6.45, 7) is 0.124. The third kappa shape index (κ3) is 2.22. The molecule has 2 aromatic rings. The Bertz CT molecular complexity index is 783. The van der Waals surface area contributed by atoms with Crippen LogP contribution in [0.1, 0.15) is 24.9 Å². The van der Waals surface area contributed by atoms with Crippen LogP contribution in [0.5, 0.6) is 0 Å². The number of para-hydroxylation sites is 1. The van der Waals surface area contributed by atoms with Crippen LogP contribution in [0.15, 0.2) is 30.3 Å². The summed E-state index contributed by atoms with van der Waals surface area (Å²) in [4.78, 5) is 37.0. The Morgan fingerprint density at radius 1 is 1.24 bits per heavy atom. The summed E-state index contributed by atoms with van der Waals surface area (Å²) in [5.74, 6) is -2.26. The minimum Gasteiger partial charge on any atom is -0.477 e. The van der Waals surface area contributed by atoms with Crippen molar-refractivity contribution < 1.29 is 19.5 Å². The van der Waals surface area contributed by atoms with E-state index in [1.807, 2.05) is 0 Å². The number of thiophene rings is 1. The Labute approximate surface area is 128 Å². The van der Waals surface area contributed by atoms with Crippen LogP contribution in [0.25, 0.3) is 0 Å². The summed E-state index contributed by atoms with van der Waals surface area (Å²) in [6.07, 6.45) is 0. The van der Waals surface area contributed by atoms with Crippen molar-refractivity contribution in [2.75, 3.05) is 4.90 Å². The highest BCUT2D eigenvalue weighted by Gasteiger charge is 2.37. The standard InChI is InChI=1S/C14H8ClNO4S/c15-9-3-1-2-8-11(9)16(13(18)12(8)17)6-7-4-5-10(21-7)14(19)20/h1-5H,6H2,(H,19,20). The van der Waals surface area contributed by atoms with E-state index in [1.165, 1.54) is 11.0 Å². The van der Waals surface area contributed by atoms with E-state index in [0.717, 1.165) is 11.3 Å². The smallest absolute Gasteiger partial charge is 0.345 e. The van der Waals surface area contributed by atoms with Crippen molar-refractivity contribution in [2.24, 2.45) is 0 Å². The molecule has 2 heterocycles. The predicted molar refractivity (Wildman–Crippen MR) is 78.3 cm³/mol. The lowest BCUT2D eigenvalue weighted by atomic mass is 10.1. The van der Waals surface area contributed by atoms with Gasteiger partial charge in [-0.05, 0) is 24.3 Å². The van der Waals surface area contributed by atoms with Crippen molar-refractivity contribution in [3.63, 3.8) is 0 Å². The Morgan fingerprint density at radius 3 is 2.67 bits per heavy atom. The van der Waals surface area contributed by atoms with E-state index in [0.29, 0.717) is 15.6 Å². The van der Waals surface area contributed by atoms with Crippen LogP contribution in [-0.2, 0) is 11.3 Å². The van der Waals surface area contributed by atoms with Gasteiger partial charge in [-0.15, -0.1) is 11.3 Å². The molecule has 0 saturated heterocycles. The maximum Gasteiger partial charge on any atom is 0.345 e. The summed E-state index contributed by atoms with van der Waals surface area (Å²) < 4.78 is 0. The van der Waals surface area contributed by atoms with Crippen molar-refractivity contribution in [1.82, 2.24) is 0 Å². The van der Waals surface area contributed by atoms with E-state index in [9.17, 15) is 14.4 Å². The summed E-state index contributed by atoms with van der Waals surface area (Å²) in [7, 11) is 0. The monoisotopic (exact) mass is 321 g/mol. The second-order valence-electron chi connectivity index (χ2n) is 4.43. The van der Waals surface area contributed by atoms with Crippen LogP contribution in [-0.4, -0.2) is 22.8 Å². The van der Waals surface area contributed by atoms with Crippen LogP contribution in [0.3, 0.4) is 0 Å². The molecular weight excluding hydrogens is 314 g/mol. The van der Waals surface area contributed by atoms with Crippen molar-refractivity contribution in [3.05, 3.63) is 50.7 Å². The number of benzene rings is 1. The lowest BCUT2D eigenvalue weighted by Gasteiger charge is -2.16. The zero-order valence-electron chi connectivity index (χ0n) is 10.5. The van der Waals surface area contributed by atoms with Crippen molar-refractivity contribution in [1.29, 1.82) is 0 Å². The number of halogens is 1. The van der Waals surface area contributed by atoms with Gasteiger partial charge in [0.2, 0.25) is 0 Å². The molecule has 0 atom stereocenters. The molecule has 21 heavy (non-hydrogen) atoms. The van der Waals surface area contributed by atoms with Crippen LogP contribution >= 0.6 is 22.9 Å². The fourth-order valence-corrected chi connectivity index (χ4v) is 3.31. The fraction of sp³-hybridized carbons (Fsp3) is 0.0714. The molecule has 5 nitrogen and oxygen atoms in total. The Hall–Kier alpha value is -2.18. The Kier molecular flexibility index (Phi) is 3.27. The van der Waals surface area contributed by atoms with Crippen LogP contribution in [0.4, 0.5) is 5.69 Å². The molecule has 1 aromatic carbocycles. The van der Waals surface area contributed by atoms with Crippen molar-refractivity contribution >= 4 is 46.3 Å². The van der Waals surface area contributed by atoms with Gasteiger partial charge in [-0.25, -0.2) is 4.79 Å². The van der Waals surface area contributed by atoms with Gasteiger partial charge >= 0.3 is 5.97 Å². The number of carboxylic acid groups (broad SMARTS) is 1. The van der Waals surface area contributed by atoms with Crippen LogP contribution < -0.4 is 4.90 Å². The summed E-state index contributed by atoms with van der Waals surface area (Å²) >= 11 is 7.14. The topological polar surface area (TPSA) is 74.7 Å². The average Bonchev–Trinajstić information content (AvgIpc) is 3.00. The maximum absolute atomic E-state index is 12.1. The first-order valence-electron chi connectivity index (χ1n) is 5.95. The number of hydrogen-bond donors (Lipinski definition) is 1. The third-order valence-electron chi connectivity index (χ3n) is 3.13. The SMILES string of the molecule is O=C(O)c1ccc(CN2C(=O)C(=O)c3cccc(Cl)c32)s1. The first kappa shape index (κ1) is 13.8. The van der Waals surface area contributed by atoms with Crippen LogP contribution in [0.2, 0.25) is 5.02 Å². The molecule has 0 fully saturated rings. The molecule has 3 rings (SSSR count). The number of rotatable bonds is 3. The number of ketones is 1. The van der Waals surface area contributed by atoms with Gasteiger partial charge in [-0.1, -0.05) is 17.7 Å². The summed E-state index contributed by atoms with van der Waals surface area (Å²) in [5.41, 5.74) is 0.668. The minimum atomic E-state index is -1.02. The largest absolute Gasteiger partial charge is 0.477 e. The number of hydrogen-bond acceptors (Lipinski definition) is 4.